The molecule has 1 atom stereocenters. The highest BCUT2D eigenvalue weighted by atomic mass is 15.1. The Morgan fingerprint density at radius 2 is 2.43 bits per heavy atom. The molecule has 0 spiro atoms. The van der Waals surface area contributed by atoms with E-state index in [1.165, 1.54) is 0 Å². The van der Waals surface area contributed by atoms with Crippen molar-refractivity contribution in [2.24, 2.45) is 5.73 Å². The van der Waals surface area contributed by atoms with Crippen molar-refractivity contribution in [1.29, 1.82) is 0 Å². The van der Waals surface area contributed by atoms with Gasteiger partial charge in [0.15, 0.2) is 0 Å². The van der Waals surface area contributed by atoms with Crippen LogP contribution < -0.4 is 5.73 Å². The first-order valence-corrected chi connectivity index (χ1v) is 4.94. The lowest BCUT2D eigenvalue weighted by Gasteiger charge is -2.09. The SMILES string of the molecule is C#CCCCCn1cncc1[C@H](C)N. The van der Waals surface area contributed by atoms with E-state index in [2.05, 4.69) is 15.5 Å². The number of imidazole rings is 1. The van der Waals surface area contributed by atoms with Crippen LogP contribution in [0.2, 0.25) is 0 Å². The lowest BCUT2D eigenvalue weighted by atomic mass is 10.2. The standard InChI is InChI=1S/C11H17N3/c1-3-4-5-6-7-14-9-13-8-11(14)10(2)12/h1,8-10H,4-7,12H2,2H3/t10-/m0/s1. The number of hydrogen-bond donors (Lipinski definition) is 1. The van der Waals surface area contributed by atoms with Crippen LogP contribution in [0.25, 0.3) is 0 Å². The summed E-state index contributed by atoms with van der Waals surface area (Å²) in [7, 11) is 0. The molecule has 3 heteroatoms. The van der Waals surface area contributed by atoms with Gasteiger partial charge in [-0.25, -0.2) is 4.98 Å². The average Bonchev–Trinajstić information content (AvgIpc) is 2.60. The number of aryl methyl sites for hydroxylation is 1. The highest BCUT2D eigenvalue weighted by Crippen LogP contribution is 2.10. The molecule has 0 aliphatic rings. The highest BCUT2D eigenvalue weighted by molar-refractivity contribution is 5.02. The van der Waals surface area contributed by atoms with E-state index in [9.17, 15) is 0 Å². The van der Waals surface area contributed by atoms with E-state index in [1.807, 2.05) is 19.4 Å². The second-order valence-electron chi connectivity index (χ2n) is 3.46. The molecule has 1 aromatic rings. The van der Waals surface area contributed by atoms with Crippen molar-refractivity contribution in [3.8, 4) is 12.3 Å². The molecule has 76 valence electrons. The summed E-state index contributed by atoms with van der Waals surface area (Å²) in [4.78, 5) is 4.08. The van der Waals surface area contributed by atoms with Crippen LogP contribution in [0.4, 0.5) is 0 Å². The van der Waals surface area contributed by atoms with Crippen molar-refractivity contribution in [3.63, 3.8) is 0 Å². The molecule has 1 heterocycles. The minimum absolute atomic E-state index is 0.0464. The largest absolute Gasteiger partial charge is 0.333 e. The fraction of sp³-hybridized carbons (Fsp3) is 0.545. The Morgan fingerprint density at radius 3 is 3.07 bits per heavy atom. The molecule has 1 rings (SSSR count). The van der Waals surface area contributed by atoms with Crippen LogP contribution in [0, 0.1) is 12.3 Å². The summed E-state index contributed by atoms with van der Waals surface area (Å²) >= 11 is 0. The summed E-state index contributed by atoms with van der Waals surface area (Å²) in [6, 6.07) is 0.0464. The van der Waals surface area contributed by atoms with Gasteiger partial charge >= 0.3 is 0 Å². The number of terminal acetylenes is 1. The van der Waals surface area contributed by atoms with Gasteiger partial charge in [-0.2, -0.15) is 0 Å². The van der Waals surface area contributed by atoms with Crippen molar-refractivity contribution >= 4 is 0 Å². The fourth-order valence-electron chi connectivity index (χ4n) is 1.41. The second-order valence-corrected chi connectivity index (χ2v) is 3.46. The molecule has 0 bridgehead atoms. The first-order chi connectivity index (χ1) is 6.75. The van der Waals surface area contributed by atoms with Crippen LogP contribution in [0.15, 0.2) is 12.5 Å². The Bertz CT molecular complexity index is 307. The van der Waals surface area contributed by atoms with Gasteiger partial charge in [-0.15, -0.1) is 12.3 Å². The van der Waals surface area contributed by atoms with Crippen LogP contribution >= 0.6 is 0 Å². The zero-order chi connectivity index (χ0) is 10.4. The van der Waals surface area contributed by atoms with Gasteiger partial charge in [0.25, 0.3) is 0 Å². The molecule has 3 nitrogen and oxygen atoms in total. The quantitative estimate of drug-likeness (QED) is 0.568. The molecule has 0 unspecified atom stereocenters. The number of unbranched alkanes of at least 4 members (excludes halogenated alkanes) is 2. The van der Waals surface area contributed by atoms with Crippen LogP contribution in [0.5, 0.6) is 0 Å². The second kappa shape index (κ2) is 5.46. The Labute approximate surface area is 85.3 Å². The minimum Gasteiger partial charge on any atom is -0.333 e. The Morgan fingerprint density at radius 1 is 1.64 bits per heavy atom. The average molecular weight is 191 g/mol. The number of hydrogen-bond acceptors (Lipinski definition) is 2. The van der Waals surface area contributed by atoms with Crippen molar-refractivity contribution in [1.82, 2.24) is 9.55 Å². The van der Waals surface area contributed by atoms with E-state index < -0.39 is 0 Å². The summed E-state index contributed by atoms with van der Waals surface area (Å²) in [5.41, 5.74) is 6.88. The van der Waals surface area contributed by atoms with E-state index in [-0.39, 0.29) is 6.04 Å². The normalized spacial score (nSPS) is 12.4. The van der Waals surface area contributed by atoms with Gasteiger partial charge in [0.05, 0.1) is 12.0 Å². The molecule has 14 heavy (non-hydrogen) atoms. The van der Waals surface area contributed by atoms with Crippen molar-refractivity contribution in [3.05, 3.63) is 18.2 Å². The topological polar surface area (TPSA) is 43.8 Å². The third-order valence-corrected chi connectivity index (χ3v) is 2.18. The maximum atomic E-state index is 5.80. The van der Waals surface area contributed by atoms with Gasteiger partial charge in [0, 0.05) is 25.2 Å². The van der Waals surface area contributed by atoms with Gasteiger partial charge in [-0.1, -0.05) is 0 Å². The summed E-state index contributed by atoms with van der Waals surface area (Å²) in [6.45, 7) is 2.92. The monoisotopic (exact) mass is 191 g/mol. The van der Waals surface area contributed by atoms with Gasteiger partial charge in [-0.05, 0) is 19.8 Å². The Balaban J connectivity index is 2.43. The van der Waals surface area contributed by atoms with Gasteiger partial charge < -0.3 is 10.3 Å². The lowest BCUT2D eigenvalue weighted by Crippen LogP contribution is -2.11. The molecule has 0 saturated carbocycles. The number of nitrogens with two attached hydrogens (primary N) is 1. The smallest absolute Gasteiger partial charge is 0.0948 e. The third kappa shape index (κ3) is 2.90. The molecular weight excluding hydrogens is 174 g/mol. The van der Waals surface area contributed by atoms with E-state index >= 15 is 0 Å². The molecule has 0 saturated heterocycles. The predicted octanol–water partition coefficient (Wildman–Crippen LogP) is 1.71. The number of aromatic nitrogens is 2. The maximum absolute atomic E-state index is 5.80. The van der Waals surface area contributed by atoms with Crippen LogP contribution in [0.1, 0.15) is 37.9 Å². The summed E-state index contributed by atoms with van der Waals surface area (Å²) in [5.74, 6) is 2.64. The molecule has 0 radical (unpaired) electrons. The number of rotatable bonds is 5. The molecule has 0 amide bonds. The van der Waals surface area contributed by atoms with Gasteiger partial charge in [0.1, 0.15) is 0 Å². The molecule has 0 fully saturated rings. The summed E-state index contributed by atoms with van der Waals surface area (Å²) in [5, 5.41) is 0. The first-order valence-electron chi connectivity index (χ1n) is 4.94. The molecule has 0 aliphatic heterocycles. The molecular formula is C11H17N3. The van der Waals surface area contributed by atoms with E-state index in [0.29, 0.717) is 0 Å². The fourth-order valence-corrected chi connectivity index (χ4v) is 1.41. The Hall–Kier alpha value is -1.27. The van der Waals surface area contributed by atoms with Crippen LogP contribution in [0.3, 0.4) is 0 Å². The van der Waals surface area contributed by atoms with Crippen molar-refractivity contribution in [2.75, 3.05) is 0 Å². The predicted molar refractivity (Wildman–Crippen MR) is 57.5 cm³/mol. The number of nitrogens with zero attached hydrogens (tertiary/aromatic N) is 2. The van der Waals surface area contributed by atoms with Crippen molar-refractivity contribution in [2.45, 2.75) is 38.8 Å². The first kappa shape index (κ1) is 10.8. The van der Waals surface area contributed by atoms with E-state index in [4.69, 9.17) is 12.2 Å². The van der Waals surface area contributed by atoms with Crippen molar-refractivity contribution < 1.29 is 0 Å². The molecule has 1 aromatic heterocycles. The molecule has 2 N–H and O–H groups in total. The molecule has 0 aliphatic carbocycles. The third-order valence-electron chi connectivity index (χ3n) is 2.18. The maximum Gasteiger partial charge on any atom is 0.0948 e. The lowest BCUT2D eigenvalue weighted by molar-refractivity contribution is 0.577. The van der Waals surface area contributed by atoms with E-state index in [1.54, 1.807) is 0 Å². The van der Waals surface area contributed by atoms with Gasteiger partial charge in [0.2, 0.25) is 0 Å². The zero-order valence-corrected chi connectivity index (χ0v) is 8.61. The molecule has 0 aromatic carbocycles. The Kier molecular flexibility index (Phi) is 4.21. The summed E-state index contributed by atoms with van der Waals surface area (Å²) < 4.78 is 2.10. The van der Waals surface area contributed by atoms with Crippen LogP contribution in [-0.2, 0) is 6.54 Å². The zero-order valence-electron chi connectivity index (χ0n) is 8.61. The van der Waals surface area contributed by atoms with E-state index in [0.717, 1.165) is 31.5 Å². The minimum atomic E-state index is 0.0464. The summed E-state index contributed by atoms with van der Waals surface area (Å²) in [6.07, 6.45) is 11.8. The van der Waals surface area contributed by atoms with Crippen LogP contribution in [-0.4, -0.2) is 9.55 Å². The highest BCUT2D eigenvalue weighted by Gasteiger charge is 2.05. The van der Waals surface area contributed by atoms with Gasteiger partial charge in [-0.3, -0.25) is 0 Å².